The van der Waals surface area contributed by atoms with Crippen molar-refractivity contribution in [2.75, 3.05) is 12.4 Å². The van der Waals surface area contributed by atoms with Gasteiger partial charge in [0.15, 0.2) is 5.75 Å². The number of hydrogen-bond donors (Lipinski definition) is 2. The number of anilines is 1. The Morgan fingerprint density at radius 3 is 2.77 bits per heavy atom. The molecule has 1 amide bonds. The number of hydrogen-bond acceptors (Lipinski definition) is 5. The van der Waals surface area contributed by atoms with Crippen LogP contribution in [0.1, 0.15) is 10.4 Å². The largest absolute Gasteiger partial charge is 0.490 e. The highest BCUT2D eigenvalue weighted by atomic mass is 79.9. The first-order valence-corrected chi connectivity index (χ1v) is 6.73. The number of pyridine rings is 1. The number of rotatable bonds is 4. The summed E-state index contributed by atoms with van der Waals surface area (Å²) in [6.07, 6.45) is 1.43. The van der Waals surface area contributed by atoms with E-state index >= 15 is 0 Å². The van der Waals surface area contributed by atoms with Gasteiger partial charge >= 0.3 is 5.69 Å². The third-order valence-corrected chi connectivity index (χ3v) is 3.21. The van der Waals surface area contributed by atoms with E-state index in [0.29, 0.717) is 4.47 Å². The van der Waals surface area contributed by atoms with E-state index in [0.717, 1.165) is 6.07 Å². The van der Waals surface area contributed by atoms with Gasteiger partial charge in [-0.2, -0.15) is 0 Å². The molecule has 0 aliphatic rings. The van der Waals surface area contributed by atoms with E-state index in [-0.39, 0.29) is 22.7 Å². The van der Waals surface area contributed by atoms with Gasteiger partial charge in [-0.25, -0.2) is 0 Å². The van der Waals surface area contributed by atoms with Gasteiger partial charge in [-0.1, -0.05) is 0 Å². The molecule has 2 aromatic rings. The minimum atomic E-state index is -0.651. The highest BCUT2D eigenvalue weighted by molar-refractivity contribution is 9.10. The van der Waals surface area contributed by atoms with Gasteiger partial charge in [0.05, 0.1) is 12.0 Å². The average molecular weight is 368 g/mol. The number of ether oxygens (including phenoxy) is 1. The molecule has 9 heteroatoms. The number of methoxy groups -OCH3 is 1. The number of amides is 1. The SMILES string of the molecule is COc1ccc(C(=O)Nc2cc(Br)c[nH]c2=O)cc1[N+](=O)[O-]. The van der Waals surface area contributed by atoms with Crippen molar-refractivity contribution in [1.82, 2.24) is 4.98 Å². The maximum absolute atomic E-state index is 12.1. The van der Waals surface area contributed by atoms with Crippen molar-refractivity contribution in [2.24, 2.45) is 0 Å². The first-order valence-electron chi connectivity index (χ1n) is 5.94. The molecule has 8 nitrogen and oxygen atoms in total. The fourth-order valence-electron chi connectivity index (χ4n) is 1.72. The van der Waals surface area contributed by atoms with Crippen LogP contribution >= 0.6 is 15.9 Å². The van der Waals surface area contributed by atoms with Crippen LogP contribution in [-0.4, -0.2) is 22.9 Å². The van der Waals surface area contributed by atoms with Crippen LogP contribution in [0.3, 0.4) is 0 Å². The van der Waals surface area contributed by atoms with Gasteiger partial charge in [0.25, 0.3) is 11.5 Å². The molecule has 0 aliphatic heterocycles. The molecule has 0 aliphatic carbocycles. The number of H-pyrrole nitrogens is 1. The molecule has 0 saturated heterocycles. The monoisotopic (exact) mass is 367 g/mol. The fourth-order valence-corrected chi connectivity index (χ4v) is 2.06. The van der Waals surface area contributed by atoms with Crippen molar-refractivity contribution in [3.05, 3.63) is 61.0 Å². The summed E-state index contributed by atoms with van der Waals surface area (Å²) in [5.41, 5.74) is -0.761. The molecule has 0 saturated carbocycles. The first-order chi connectivity index (χ1) is 10.4. The van der Waals surface area contributed by atoms with Crippen molar-refractivity contribution in [2.45, 2.75) is 0 Å². The van der Waals surface area contributed by atoms with Crippen LogP contribution in [0.4, 0.5) is 11.4 Å². The van der Waals surface area contributed by atoms with Gasteiger partial charge < -0.3 is 15.0 Å². The van der Waals surface area contributed by atoms with Crippen LogP contribution in [-0.2, 0) is 0 Å². The quantitative estimate of drug-likeness (QED) is 0.635. The molecule has 0 unspecified atom stereocenters. The van der Waals surface area contributed by atoms with Crippen LogP contribution in [0, 0.1) is 10.1 Å². The smallest absolute Gasteiger partial charge is 0.311 e. The zero-order chi connectivity index (χ0) is 16.3. The maximum atomic E-state index is 12.1. The Kier molecular flexibility index (Phi) is 4.56. The highest BCUT2D eigenvalue weighted by Gasteiger charge is 2.18. The first kappa shape index (κ1) is 15.7. The summed E-state index contributed by atoms with van der Waals surface area (Å²) in [7, 11) is 1.29. The summed E-state index contributed by atoms with van der Waals surface area (Å²) in [5.74, 6) is -0.601. The lowest BCUT2D eigenvalue weighted by molar-refractivity contribution is -0.385. The Bertz CT molecular complexity index is 803. The van der Waals surface area contributed by atoms with Gasteiger partial charge in [-0.15, -0.1) is 0 Å². The van der Waals surface area contributed by atoms with Gasteiger partial charge in [-0.3, -0.25) is 19.7 Å². The molecule has 2 N–H and O–H groups in total. The topological polar surface area (TPSA) is 114 Å². The Labute approximate surface area is 132 Å². The van der Waals surface area contributed by atoms with Crippen molar-refractivity contribution < 1.29 is 14.5 Å². The number of carbonyl (C=O) groups is 1. The molecular weight excluding hydrogens is 358 g/mol. The highest BCUT2D eigenvalue weighted by Crippen LogP contribution is 2.27. The van der Waals surface area contributed by atoms with Gasteiger partial charge in [0, 0.05) is 22.3 Å². The molecule has 1 aromatic heterocycles. The molecule has 1 heterocycles. The lowest BCUT2D eigenvalue weighted by Crippen LogP contribution is -2.19. The molecule has 0 spiro atoms. The minimum absolute atomic E-state index is 0.0258. The lowest BCUT2D eigenvalue weighted by Gasteiger charge is -2.06. The average Bonchev–Trinajstić information content (AvgIpc) is 2.50. The maximum Gasteiger partial charge on any atom is 0.311 e. The van der Waals surface area contributed by atoms with E-state index in [9.17, 15) is 19.7 Å². The number of aromatic amines is 1. The van der Waals surface area contributed by atoms with Gasteiger partial charge in [0.2, 0.25) is 0 Å². The number of halogens is 1. The van der Waals surface area contributed by atoms with Gasteiger partial charge in [-0.05, 0) is 34.1 Å². The molecule has 0 bridgehead atoms. The van der Waals surface area contributed by atoms with E-state index in [1.54, 1.807) is 0 Å². The lowest BCUT2D eigenvalue weighted by atomic mass is 10.1. The second-order valence-corrected chi connectivity index (χ2v) is 5.07. The van der Waals surface area contributed by atoms with Crippen LogP contribution in [0.25, 0.3) is 0 Å². The second-order valence-electron chi connectivity index (χ2n) is 4.16. The molecule has 0 atom stereocenters. The van der Waals surface area contributed by atoms with Crippen molar-refractivity contribution in [3.8, 4) is 5.75 Å². The molecule has 22 heavy (non-hydrogen) atoms. The van der Waals surface area contributed by atoms with Crippen molar-refractivity contribution in [1.29, 1.82) is 0 Å². The Balaban J connectivity index is 2.34. The van der Waals surface area contributed by atoms with Crippen LogP contribution < -0.4 is 15.6 Å². The number of nitrogens with zero attached hydrogens (tertiary/aromatic N) is 1. The molecular formula is C13H10BrN3O5. The Morgan fingerprint density at radius 2 is 2.14 bits per heavy atom. The number of benzene rings is 1. The summed E-state index contributed by atoms with van der Waals surface area (Å²) >= 11 is 3.16. The third kappa shape index (κ3) is 3.31. The van der Waals surface area contributed by atoms with E-state index in [4.69, 9.17) is 4.74 Å². The summed E-state index contributed by atoms with van der Waals surface area (Å²) in [4.78, 5) is 36.4. The summed E-state index contributed by atoms with van der Waals surface area (Å²) in [6.45, 7) is 0. The summed E-state index contributed by atoms with van der Waals surface area (Å²) in [5, 5.41) is 13.3. The molecule has 1 aromatic carbocycles. The molecule has 0 radical (unpaired) electrons. The predicted octanol–water partition coefficient (Wildman–Crippen LogP) is 2.31. The summed E-state index contributed by atoms with van der Waals surface area (Å²) < 4.78 is 5.43. The second kappa shape index (κ2) is 6.39. The van der Waals surface area contributed by atoms with E-state index < -0.39 is 16.4 Å². The number of carbonyl (C=O) groups excluding carboxylic acids is 1. The zero-order valence-corrected chi connectivity index (χ0v) is 12.8. The Morgan fingerprint density at radius 1 is 1.41 bits per heavy atom. The van der Waals surface area contributed by atoms with E-state index in [1.807, 2.05) is 0 Å². The fraction of sp³-hybridized carbons (Fsp3) is 0.0769. The number of nitro groups is 1. The van der Waals surface area contributed by atoms with E-state index in [1.165, 1.54) is 31.5 Å². The number of aromatic nitrogens is 1. The Hall–Kier alpha value is -2.68. The zero-order valence-electron chi connectivity index (χ0n) is 11.3. The van der Waals surface area contributed by atoms with Crippen molar-refractivity contribution >= 4 is 33.2 Å². The van der Waals surface area contributed by atoms with E-state index in [2.05, 4.69) is 26.2 Å². The summed E-state index contributed by atoms with van der Waals surface area (Å²) in [6, 6.07) is 5.19. The van der Waals surface area contributed by atoms with Crippen LogP contribution in [0.2, 0.25) is 0 Å². The standard InChI is InChI=1S/C13H10BrN3O5/c1-22-11-3-2-7(4-10(11)17(20)21)12(18)16-9-5-8(14)6-15-13(9)19/h2-6H,1H3,(H,15,19)(H,16,18). The molecule has 114 valence electrons. The van der Waals surface area contributed by atoms with Crippen LogP contribution in [0.5, 0.6) is 5.75 Å². The third-order valence-electron chi connectivity index (χ3n) is 2.75. The minimum Gasteiger partial charge on any atom is -0.490 e. The normalized spacial score (nSPS) is 10.1. The number of nitro benzene ring substituents is 1. The van der Waals surface area contributed by atoms with Crippen LogP contribution in [0.15, 0.2) is 39.7 Å². The van der Waals surface area contributed by atoms with Crippen molar-refractivity contribution in [3.63, 3.8) is 0 Å². The van der Waals surface area contributed by atoms with Gasteiger partial charge in [0.1, 0.15) is 5.69 Å². The molecule has 0 fully saturated rings. The number of nitrogens with one attached hydrogen (secondary N) is 2. The molecule has 2 rings (SSSR count). The predicted molar refractivity (Wildman–Crippen MR) is 82.4 cm³/mol.